The van der Waals surface area contributed by atoms with Crippen molar-refractivity contribution in [3.05, 3.63) is 35.9 Å². The first-order valence-corrected chi connectivity index (χ1v) is 7.73. The van der Waals surface area contributed by atoms with Gasteiger partial charge in [0, 0.05) is 31.7 Å². The van der Waals surface area contributed by atoms with E-state index in [1.165, 1.54) is 25.1 Å². The van der Waals surface area contributed by atoms with Gasteiger partial charge in [-0.3, -0.25) is 4.90 Å². The van der Waals surface area contributed by atoms with Crippen molar-refractivity contribution in [3.8, 4) is 0 Å². The summed E-state index contributed by atoms with van der Waals surface area (Å²) in [4.78, 5) is 2.71. The van der Waals surface area contributed by atoms with Gasteiger partial charge in [-0.1, -0.05) is 37.3 Å². The quantitative estimate of drug-likeness (QED) is 0.893. The molecule has 1 aliphatic carbocycles. The highest BCUT2D eigenvalue weighted by molar-refractivity contribution is 5.16. The zero-order chi connectivity index (χ0) is 13.2. The van der Waals surface area contributed by atoms with Gasteiger partial charge in [0.1, 0.15) is 0 Å². The molecule has 1 heterocycles. The highest BCUT2D eigenvalue weighted by atomic mass is 15.2. The molecule has 0 radical (unpaired) electrons. The maximum Gasteiger partial charge on any atom is 0.0236 e. The van der Waals surface area contributed by atoms with E-state index < -0.39 is 0 Å². The third-order valence-corrected chi connectivity index (χ3v) is 4.85. The van der Waals surface area contributed by atoms with Crippen LogP contribution < -0.4 is 5.32 Å². The van der Waals surface area contributed by atoms with E-state index in [0.717, 1.165) is 24.8 Å². The molecule has 0 amide bonds. The highest BCUT2D eigenvalue weighted by Gasteiger charge is 2.36. The fourth-order valence-corrected chi connectivity index (χ4v) is 3.24. The minimum Gasteiger partial charge on any atom is -0.311 e. The first-order valence-electron chi connectivity index (χ1n) is 7.73. The second-order valence-corrected chi connectivity index (χ2v) is 6.57. The average molecular weight is 258 g/mol. The predicted molar refractivity (Wildman–Crippen MR) is 80.2 cm³/mol. The van der Waals surface area contributed by atoms with Crippen molar-refractivity contribution in [2.24, 2.45) is 11.8 Å². The van der Waals surface area contributed by atoms with Gasteiger partial charge in [-0.2, -0.15) is 0 Å². The Morgan fingerprint density at radius 3 is 2.63 bits per heavy atom. The summed E-state index contributed by atoms with van der Waals surface area (Å²) in [6.07, 6.45) is 2.60. The topological polar surface area (TPSA) is 15.3 Å². The van der Waals surface area contributed by atoms with Crippen LogP contribution in [0.2, 0.25) is 0 Å². The molecule has 1 saturated carbocycles. The summed E-state index contributed by atoms with van der Waals surface area (Å²) in [6.45, 7) is 8.41. The largest absolute Gasteiger partial charge is 0.311 e. The van der Waals surface area contributed by atoms with Crippen molar-refractivity contribution in [1.29, 1.82) is 0 Å². The van der Waals surface area contributed by atoms with Crippen molar-refractivity contribution in [2.45, 2.75) is 38.8 Å². The van der Waals surface area contributed by atoms with Crippen molar-refractivity contribution in [1.82, 2.24) is 10.2 Å². The fourth-order valence-electron chi connectivity index (χ4n) is 3.24. The second kappa shape index (κ2) is 5.64. The molecule has 2 heteroatoms. The van der Waals surface area contributed by atoms with Crippen LogP contribution in [0.25, 0.3) is 0 Å². The molecular weight excluding hydrogens is 232 g/mol. The van der Waals surface area contributed by atoms with Gasteiger partial charge in [-0.15, -0.1) is 0 Å². The van der Waals surface area contributed by atoms with Crippen molar-refractivity contribution < 1.29 is 0 Å². The van der Waals surface area contributed by atoms with Gasteiger partial charge in [-0.25, -0.2) is 0 Å². The Labute approximate surface area is 117 Å². The standard InChI is InChI=1S/C17H26N2/c1-13-8-16(13)11-19-12-17(18-10-14(19)2)9-15-6-4-3-5-7-15/h3-7,13-14,16-18H,8-12H2,1-2H3. The number of nitrogens with one attached hydrogen (secondary N) is 1. The van der Waals surface area contributed by atoms with Crippen LogP contribution >= 0.6 is 0 Å². The van der Waals surface area contributed by atoms with Crippen molar-refractivity contribution in [3.63, 3.8) is 0 Å². The molecule has 2 aliphatic rings. The number of piperazine rings is 1. The normalized spacial score (nSPS) is 35.3. The Balaban J connectivity index is 1.55. The summed E-state index contributed by atoms with van der Waals surface area (Å²) in [6, 6.07) is 12.2. The number of rotatable bonds is 4. The lowest BCUT2D eigenvalue weighted by Gasteiger charge is -2.39. The van der Waals surface area contributed by atoms with Crippen LogP contribution in [-0.4, -0.2) is 36.6 Å². The molecule has 1 saturated heterocycles. The summed E-state index contributed by atoms with van der Waals surface area (Å²) in [5.74, 6) is 1.94. The van der Waals surface area contributed by atoms with Gasteiger partial charge in [-0.05, 0) is 37.2 Å². The molecule has 1 aromatic rings. The maximum absolute atomic E-state index is 3.71. The van der Waals surface area contributed by atoms with Crippen LogP contribution in [0, 0.1) is 11.8 Å². The zero-order valence-electron chi connectivity index (χ0n) is 12.2. The number of hydrogen-bond donors (Lipinski definition) is 1. The molecule has 1 aromatic carbocycles. The van der Waals surface area contributed by atoms with Gasteiger partial charge >= 0.3 is 0 Å². The zero-order valence-corrected chi connectivity index (χ0v) is 12.2. The third kappa shape index (κ3) is 3.37. The van der Waals surface area contributed by atoms with Gasteiger partial charge in [0.2, 0.25) is 0 Å². The lowest BCUT2D eigenvalue weighted by atomic mass is 10.0. The first kappa shape index (κ1) is 13.1. The minimum absolute atomic E-state index is 0.618. The lowest BCUT2D eigenvalue weighted by Crippen LogP contribution is -2.56. The number of hydrogen-bond acceptors (Lipinski definition) is 2. The van der Waals surface area contributed by atoms with E-state index in [0.29, 0.717) is 12.1 Å². The minimum atomic E-state index is 0.618. The molecule has 0 aromatic heterocycles. The van der Waals surface area contributed by atoms with Crippen LogP contribution in [-0.2, 0) is 6.42 Å². The van der Waals surface area contributed by atoms with Crippen LogP contribution in [0.1, 0.15) is 25.8 Å². The van der Waals surface area contributed by atoms with Crippen LogP contribution in [0.5, 0.6) is 0 Å². The average Bonchev–Trinajstić information content (AvgIpc) is 3.10. The fraction of sp³-hybridized carbons (Fsp3) is 0.647. The van der Waals surface area contributed by atoms with E-state index in [2.05, 4.69) is 54.4 Å². The van der Waals surface area contributed by atoms with E-state index in [4.69, 9.17) is 0 Å². The van der Waals surface area contributed by atoms with E-state index in [1.807, 2.05) is 0 Å². The van der Waals surface area contributed by atoms with Crippen LogP contribution in [0.4, 0.5) is 0 Å². The summed E-state index contributed by atoms with van der Waals surface area (Å²) in [5.41, 5.74) is 1.45. The molecule has 19 heavy (non-hydrogen) atoms. The Morgan fingerprint density at radius 1 is 1.21 bits per heavy atom. The van der Waals surface area contributed by atoms with Crippen LogP contribution in [0.3, 0.4) is 0 Å². The summed E-state index contributed by atoms with van der Waals surface area (Å²) in [7, 11) is 0. The molecule has 2 fully saturated rings. The molecule has 3 rings (SSSR count). The van der Waals surface area contributed by atoms with Crippen molar-refractivity contribution in [2.75, 3.05) is 19.6 Å². The summed E-state index contributed by atoms with van der Waals surface area (Å²) < 4.78 is 0. The third-order valence-electron chi connectivity index (χ3n) is 4.85. The number of benzene rings is 1. The SMILES string of the molecule is CC1CC1CN1CC(Cc2ccccc2)NCC1C. The Hall–Kier alpha value is -0.860. The van der Waals surface area contributed by atoms with Gasteiger partial charge < -0.3 is 5.32 Å². The maximum atomic E-state index is 3.71. The molecule has 0 spiro atoms. The van der Waals surface area contributed by atoms with Crippen molar-refractivity contribution >= 4 is 0 Å². The smallest absolute Gasteiger partial charge is 0.0236 e. The Kier molecular flexibility index (Phi) is 3.90. The Bertz CT molecular complexity index is 403. The van der Waals surface area contributed by atoms with Gasteiger partial charge in [0.05, 0.1) is 0 Å². The van der Waals surface area contributed by atoms with E-state index in [1.54, 1.807) is 0 Å². The van der Waals surface area contributed by atoms with Gasteiger partial charge in [0.15, 0.2) is 0 Å². The lowest BCUT2D eigenvalue weighted by molar-refractivity contribution is 0.133. The first-order chi connectivity index (χ1) is 9.22. The van der Waals surface area contributed by atoms with Crippen LogP contribution in [0.15, 0.2) is 30.3 Å². The second-order valence-electron chi connectivity index (χ2n) is 6.57. The monoisotopic (exact) mass is 258 g/mol. The summed E-state index contributed by atoms with van der Waals surface area (Å²) >= 11 is 0. The highest BCUT2D eigenvalue weighted by Crippen LogP contribution is 2.38. The molecule has 1 N–H and O–H groups in total. The Morgan fingerprint density at radius 2 is 1.95 bits per heavy atom. The molecule has 0 bridgehead atoms. The molecule has 2 nitrogen and oxygen atoms in total. The van der Waals surface area contributed by atoms with Gasteiger partial charge in [0.25, 0.3) is 0 Å². The van der Waals surface area contributed by atoms with E-state index in [-0.39, 0.29) is 0 Å². The van der Waals surface area contributed by atoms with E-state index in [9.17, 15) is 0 Å². The predicted octanol–water partition coefficient (Wildman–Crippen LogP) is 2.55. The molecular formula is C17H26N2. The number of nitrogens with zero attached hydrogens (tertiary/aromatic N) is 1. The van der Waals surface area contributed by atoms with E-state index >= 15 is 0 Å². The molecule has 104 valence electrons. The molecule has 1 aliphatic heterocycles. The summed E-state index contributed by atoms with van der Waals surface area (Å²) in [5, 5.41) is 3.71. The molecule has 4 atom stereocenters. The molecule has 4 unspecified atom stereocenters.